The summed E-state index contributed by atoms with van der Waals surface area (Å²) < 4.78 is 30.0. The van der Waals surface area contributed by atoms with E-state index in [0.29, 0.717) is 18.0 Å². The predicted octanol–water partition coefficient (Wildman–Crippen LogP) is 2.92. The number of halogens is 1. The average molecular weight is 427 g/mol. The van der Waals surface area contributed by atoms with Gasteiger partial charge in [0.2, 0.25) is 0 Å². The van der Waals surface area contributed by atoms with Crippen molar-refractivity contribution in [3.8, 4) is 5.75 Å². The van der Waals surface area contributed by atoms with E-state index in [2.05, 4.69) is 25.7 Å². The third kappa shape index (κ3) is 5.77. The molecular weight excluding hydrogens is 405 g/mol. The first-order chi connectivity index (χ1) is 15.2. The molecule has 2 aromatic carbocycles. The van der Waals surface area contributed by atoms with Gasteiger partial charge in [0.05, 0.1) is 18.9 Å². The van der Waals surface area contributed by atoms with Crippen LogP contribution in [0.1, 0.15) is 10.7 Å². The normalized spacial score (nSPS) is 14.2. The minimum atomic E-state index is -0.574. The maximum Gasteiger partial charge on any atom is 0.320 e. The van der Waals surface area contributed by atoms with Crippen LogP contribution in [0.5, 0.6) is 5.75 Å². The van der Waals surface area contributed by atoms with E-state index < -0.39 is 11.7 Å². The van der Waals surface area contributed by atoms with Crippen molar-refractivity contribution in [1.29, 1.82) is 0 Å². The van der Waals surface area contributed by atoms with Crippen LogP contribution < -0.4 is 15.4 Å². The Morgan fingerprint density at radius 1 is 1.10 bits per heavy atom. The lowest BCUT2D eigenvalue weighted by molar-refractivity contribution is 0.0322. The zero-order chi connectivity index (χ0) is 21.5. The van der Waals surface area contributed by atoms with Gasteiger partial charge in [0.25, 0.3) is 0 Å². The van der Waals surface area contributed by atoms with Crippen LogP contribution in [0, 0.1) is 5.82 Å². The number of ether oxygens (including phenoxy) is 2. The number of para-hydroxylation sites is 1. The third-order valence-corrected chi connectivity index (χ3v) is 4.63. The van der Waals surface area contributed by atoms with Gasteiger partial charge < -0.3 is 24.5 Å². The number of aromatic nitrogens is 2. The second-order valence-electron chi connectivity index (χ2n) is 6.80. The number of morpholine rings is 1. The van der Waals surface area contributed by atoms with Crippen molar-refractivity contribution in [1.82, 2.24) is 15.1 Å². The first-order valence-corrected chi connectivity index (χ1v) is 9.87. The highest BCUT2D eigenvalue weighted by Crippen LogP contribution is 2.20. The highest BCUT2D eigenvalue weighted by Gasteiger charge is 2.16. The maximum absolute atomic E-state index is 13.7. The quantitative estimate of drug-likeness (QED) is 0.566. The standard InChI is InChI=1S/C21H22FN5O4/c22-17-3-1-2-4-18(17)24-21-26-25-20(31-21)19(28)23-15-5-7-16(8-6-15)30-14-11-27-9-12-29-13-10-27/h1-8H,9-14H2,(H,23,28)(H,24,26). The first-order valence-electron chi connectivity index (χ1n) is 9.87. The zero-order valence-electron chi connectivity index (χ0n) is 16.7. The Bertz CT molecular complexity index is 1010. The number of carbonyl (C=O) groups is 1. The molecule has 0 unspecified atom stereocenters. The molecular formula is C21H22FN5O4. The van der Waals surface area contributed by atoms with E-state index >= 15 is 0 Å². The summed E-state index contributed by atoms with van der Waals surface area (Å²) in [5, 5.41) is 12.7. The first kappa shape index (κ1) is 20.8. The second-order valence-corrected chi connectivity index (χ2v) is 6.80. The number of nitrogens with zero attached hydrogens (tertiary/aromatic N) is 3. The maximum atomic E-state index is 13.7. The number of rotatable bonds is 8. The van der Waals surface area contributed by atoms with Gasteiger partial charge in [-0.3, -0.25) is 9.69 Å². The highest BCUT2D eigenvalue weighted by molar-refractivity contribution is 6.00. The van der Waals surface area contributed by atoms with Crippen LogP contribution in [0.15, 0.2) is 52.9 Å². The molecule has 31 heavy (non-hydrogen) atoms. The van der Waals surface area contributed by atoms with Gasteiger partial charge >= 0.3 is 17.8 Å². The smallest absolute Gasteiger partial charge is 0.320 e. The minimum absolute atomic E-state index is 0.0840. The Balaban J connectivity index is 1.26. The predicted molar refractivity (Wildman–Crippen MR) is 111 cm³/mol. The molecule has 162 valence electrons. The van der Waals surface area contributed by atoms with Crippen molar-refractivity contribution in [3.63, 3.8) is 0 Å². The number of anilines is 3. The molecule has 1 amide bonds. The van der Waals surface area contributed by atoms with Crippen molar-refractivity contribution in [3.05, 3.63) is 60.2 Å². The molecule has 1 aliphatic rings. The van der Waals surface area contributed by atoms with Crippen LogP contribution in [0.2, 0.25) is 0 Å². The van der Waals surface area contributed by atoms with Crippen LogP contribution in [0.3, 0.4) is 0 Å². The molecule has 1 fully saturated rings. The molecule has 0 atom stereocenters. The van der Waals surface area contributed by atoms with Gasteiger partial charge in [-0.05, 0) is 36.4 Å². The third-order valence-electron chi connectivity index (χ3n) is 4.63. The zero-order valence-corrected chi connectivity index (χ0v) is 16.7. The van der Waals surface area contributed by atoms with Crippen molar-refractivity contribution < 1.29 is 23.1 Å². The Kier molecular flexibility index (Phi) is 6.70. The molecule has 10 heteroatoms. The summed E-state index contributed by atoms with van der Waals surface area (Å²) in [5.74, 6) is -0.584. The average Bonchev–Trinajstić information content (AvgIpc) is 3.26. The van der Waals surface area contributed by atoms with Crippen molar-refractivity contribution in [2.75, 3.05) is 50.1 Å². The summed E-state index contributed by atoms with van der Waals surface area (Å²) in [6.45, 7) is 4.76. The monoisotopic (exact) mass is 427 g/mol. The number of carbonyl (C=O) groups excluding carboxylic acids is 1. The van der Waals surface area contributed by atoms with Crippen LogP contribution in [0.4, 0.5) is 21.8 Å². The second kappa shape index (κ2) is 10.0. The van der Waals surface area contributed by atoms with E-state index in [1.54, 1.807) is 36.4 Å². The van der Waals surface area contributed by atoms with Crippen LogP contribution in [0.25, 0.3) is 0 Å². The molecule has 1 saturated heterocycles. The SMILES string of the molecule is O=C(Nc1ccc(OCCN2CCOCC2)cc1)c1nnc(Nc2ccccc2F)o1. The molecule has 0 saturated carbocycles. The van der Waals surface area contributed by atoms with Crippen molar-refractivity contribution >= 4 is 23.3 Å². The molecule has 0 bridgehead atoms. The molecule has 0 spiro atoms. The molecule has 9 nitrogen and oxygen atoms in total. The molecule has 2 heterocycles. The van der Waals surface area contributed by atoms with Crippen molar-refractivity contribution in [2.24, 2.45) is 0 Å². The van der Waals surface area contributed by atoms with Crippen molar-refractivity contribution in [2.45, 2.75) is 0 Å². The Labute approximate surface area is 178 Å². The summed E-state index contributed by atoms with van der Waals surface area (Å²) in [6, 6.07) is 12.9. The van der Waals surface area contributed by atoms with E-state index in [1.165, 1.54) is 12.1 Å². The number of hydrogen-bond acceptors (Lipinski definition) is 8. The van der Waals surface area contributed by atoms with Gasteiger partial charge in [0.1, 0.15) is 18.2 Å². The van der Waals surface area contributed by atoms with E-state index in [4.69, 9.17) is 13.9 Å². The number of amides is 1. The molecule has 3 aromatic rings. The molecule has 0 radical (unpaired) electrons. The van der Waals surface area contributed by atoms with Crippen LogP contribution in [-0.2, 0) is 4.74 Å². The summed E-state index contributed by atoms with van der Waals surface area (Å²) in [5.41, 5.74) is 0.717. The summed E-state index contributed by atoms with van der Waals surface area (Å²) in [6.07, 6.45) is 0. The molecule has 2 N–H and O–H groups in total. The van der Waals surface area contributed by atoms with E-state index in [-0.39, 0.29) is 17.6 Å². The summed E-state index contributed by atoms with van der Waals surface area (Å²) in [4.78, 5) is 14.6. The topological polar surface area (TPSA) is 102 Å². The molecule has 0 aliphatic carbocycles. The summed E-state index contributed by atoms with van der Waals surface area (Å²) in [7, 11) is 0. The van der Waals surface area contributed by atoms with Gasteiger partial charge in [0, 0.05) is 25.3 Å². The van der Waals surface area contributed by atoms with E-state index in [9.17, 15) is 9.18 Å². The number of hydrogen-bond donors (Lipinski definition) is 2. The van der Waals surface area contributed by atoms with Gasteiger partial charge in [0.15, 0.2) is 0 Å². The van der Waals surface area contributed by atoms with E-state index in [0.717, 1.165) is 32.8 Å². The van der Waals surface area contributed by atoms with Crippen LogP contribution >= 0.6 is 0 Å². The molecule has 1 aromatic heterocycles. The summed E-state index contributed by atoms with van der Waals surface area (Å²) >= 11 is 0. The van der Waals surface area contributed by atoms with Gasteiger partial charge in [-0.25, -0.2) is 4.39 Å². The fourth-order valence-corrected chi connectivity index (χ4v) is 2.98. The van der Waals surface area contributed by atoms with Gasteiger partial charge in [-0.1, -0.05) is 17.2 Å². The van der Waals surface area contributed by atoms with E-state index in [1.807, 2.05) is 0 Å². The number of benzene rings is 2. The van der Waals surface area contributed by atoms with Crippen LogP contribution in [-0.4, -0.2) is 60.5 Å². The molecule has 1 aliphatic heterocycles. The number of nitrogens with one attached hydrogen (secondary N) is 2. The fourth-order valence-electron chi connectivity index (χ4n) is 2.98. The Morgan fingerprint density at radius 2 is 1.87 bits per heavy atom. The fraction of sp³-hybridized carbons (Fsp3) is 0.286. The van der Waals surface area contributed by atoms with Gasteiger partial charge in [-0.15, -0.1) is 5.10 Å². The lowest BCUT2D eigenvalue weighted by Crippen LogP contribution is -2.38. The largest absolute Gasteiger partial charge is 0.492 e. The molecule has 4 rings (SSSR count). The highest BCUT2D eigenvalue weighted by atomic mass is 19.1. The Morgan fingerprint density at radius 3 is 2.65 bits per heavy atom. The lowest BCUT2D eigenvalue weighted by Gasteiger charge is -2.26. The lowest BCUT2D eigenvalue weighted by atomic mass is 10.3. The van der Waals surface area contributed by atoms with Gasteiger partial charge in [-0.2, -0.15) is 0 Å². The minimum Gasteiger partial charge on any atom is -0.492 e. The Hall–Kier alpha value is -3.50.